The fraction of sp³-hybridized carbons (Fsp3) is 0.385. The Bertz CT molecular complexity index is 601. The summed E-state index contributed by atoms with van der Waals surface area (Å²) in [5.74, 6) is -0.128. The van der Waals surface area contributed by atoms with Crippen molar-refractivity contribution in [1.82, 2.24) is 19.9 Å². The van der Waals surface area contributed by atoms with E-state index < -0.39 is 0 Å². The highest BCUT2D eigenvalue weighted by atomic mass is 32.1. The van der Waals surface area contributed by atoms with Crippen LogP contribution in [0.25, 0.3) is 0 Å². The van der Waals surface area contributed by atoms with E-state index in [2.05, 4.69) is 15.0 Å². The van der Waals surface area contributed by atoms with E-state index in [0.29, 0.717) is 25.5 Å². The lowest BCUT2D eigenvalue weighted by Gasteiger charge is -2.34. The molecule has 1 atom stereocenters. The molecule has 0 spiro atoms. The van der Waals surface area contributed by atoms with Gasteiger partial charge in [0.1, 0.15) is 5.69 Å². The monoisotopic (exact) mass is 290 g/mol. The molecule has 1 amide bonds. The molecule has 2 aromatic rings. The largest absolute Gasteiger partial charge is 0.377 e. The zero-order valence-electron chi connectivity index (χ0n) is 11.0. The van der Waals surface area contributed by atoms with Crippen molar-refractivity contribution < 1.29 is 9.53 Å². The number of hydrogen-bond donors (Lipinski definition) is 0. The molecular formula is C13H14N4O2S. The molecule has 1 saturated heterocycles. The molecule has 1 fully saturated rings. The van der Waals surface area contributed by atoms with E-state index in [1.54, 1.807) is 22.4 Å². The molecule has 104 valence electrons. The Balaban J connectivity index is 1.87. The lowest BCUT2D eigenvalue weighted by molar-refractivity contribution is -0.00409. The minimum absolute atomic E-state index is 0.128. The van der Waals surface area contributed by atoms with Crippen LogP contribution < -0.4 is 0 Å². The second kappa shape index (κ2) is 5.64. The maximum absolute atomic E-state index is 12.5. The zero-order chi connectivity index (χ0) is 13.9. The van der Waals surface area contributed by atoms with Gasteiger partial charge in [-0.25, -0.2) is 9.97 Å². The average molecular weight is 290 g/mol. The number of rotatable bonds is 2. The van der Waals surface area contributed by atoms with Crippen LogP contribution in [0.5, 0.6) is 0 Å². The van der Waals surface area contributed by atoms with Gasteiger partial charge in [0.25, 0.3) is 5.91 Å². The van der Waals surface area contributed by atoms with E-state index in [1.165, 1.54) is 12.4 Å². The Morgan fingerprint density at radius 3 is 3.10 bits per heavy atom. The number of amides is 1. The van der Waals surface area contributed by atoms with E-state index >= 15 is 0 Å². The molecule has 0 aliphatic carbocycles. The molecule has 0 bridgehead atoms. The van der Waals surface area contributed by atoms with Gasteiger partial charge in [-0.05, 0) is 6.92 Å². The summed E-state index contributed by atoms with van der Waals surface area (Å²) >= 11 is 1.58. The predicted molar refractivity (Wildman–Crippen MR) is 73.5 cm³/mol. The van der Waals surface area contributed by atoms with Crippen LogP contribution in [0.2, 0.25) is 0 Å². The molecule has 6 nitrogen and oxygen atoms in total. The van der Waals surface area contributed by atoms with Crippen molar-refractivity contribution in [3.05, 3.63) is 40.4 Å². The third-order valence-corrected chi connectivity index (χ3v) is 3.94. The van der Waals surface area contributed by atoms with E-state index in [-0.39, 0.29) is 11.9 Å². The summed E-state index contributed by atoms with van der Waals surface area (Å²) in [7, 11) is 0. The number of nitrogens with zero attached hydrogens (tertiary/aromatic N) is 4. The molecule has 0 N–H and O–H groups in total. The highest BCUT2D eigenvalue weighted by Gasteiger charge is 2.31. The van der Waals surface area contributed by atoms with E-state index in [4.69, 9.17) is 4.74 Å². The van der Waals surface area contributed by atoms with Gasteiger partial charge in [0.2, 0.25) is 0 Å². The molecule has 0 unspecified atom stereocenters. The van der Waals surface area contributed by atoms with Gasteiger partial charge in [0, 0.05) is 24.3 Å². The predicted octanol–water partition coefficient (Wildman–Crippen LogP) is 1.46. The Kier molecular flexibility index (Phi) is 3.70. The van der Waals surface area contributed by atoms with Crippen molar-refractivity contribution in [1.29, 1.82) is 0 Å². The number of carbonyl (C=O) groups is 1. The summed E-state index contributed by atoms with van der Waals surface area (Å²) in [4.78, 5) is 26.8. The van der Waals surface area contributed by atoms with Crippen molar-refractivity contribution in [2.75, 3.05) is 19.8 Å². The van der Waals surface area contributed by atoms with Crippen molar-refractivity contribution >= 4 is 17.2 Å². The summed E-state index contributed by atoms with van der Waals surface area (Å²) in [6.07, 6.45) is 4.56. The normalized spacial score (nSPS) is 19.1. The van der Waals surface area contributed by atoms with Crippen LogP contribution in [-0.4, -0.2) is 45.5 Å². The lowest BCUT2D eigenvalue weighted by atomic mass is 10.1. The lowest BCUT2D eigenvalue weighted by Crippen LogP contribution is -2.43. The first-order chi connectivity index (χ1) is 9.75. The van der Waals surface area contributed by atoms with Gasteiger partial charge in [-0.1, -0.05) is 0 Å². The molecule has 3 heterocycles. The van der Waals surface area contributed by atoms with Crippen LogP contribution in [0.1, 0.15) is 27.2 Å². The van der Waals surface area contributed by atoms with Gasteiger partial charge < -0.3 is 9.64 Å². The SMILES string of the molecule is Cc1nc([C@@H]2COCCN2C(=O)c2cnccn2)cs1. The number of aromatic nitrogens is 3. The molecule has 0 radical (unpaired) electrons. The number of ether oxygens (including phenoxy) is 1. The van der Waals surface area contributed by atoms with Gasteiger partial charge in [-0.2, -0.15) is 0 Å². The zero-order valence-corrected chi connectivity index (χ0v) is 11.8. The third-order valence-electron chi connectivity index (χ3n) is 3.15. The summed E-state index contributed by atoms with van der Waals surface area (Å²) in [6.45, 7) is 3.49. The molecular weight excluding hydrogens is 276 g/mol. The third kappa shape index (κ3) is 2.54. The van der Waals surface area contributed by atoms with Crippen LogP contribution in [0, 0.1) is 6.92 Å². The van der Waals surface area contributed by atoms with Crippen molar-refractivity contribution in [3.63, 3.8) is 0 Å². The molecule has 0 aromatic carbocycles. The number of thiazole rings is 1. The number of morpholine rings is 1. The quantitative estimate of drug-likeness (QED) is 0.837. The van der Waals surface area contributed by atoms with Crippen molar-refractivity contribution in [2.45, 2.75) is 13.0 Å². The second-order valence-corrected chi connectivity index (χ2v) is 5.53. The Morgan fingerprint density at radius 2 is 2.40 bits per heavy atom. The minimum atomic E-state index is -0.150. The van der Waals surface area contributed by atoms with Gasteiger partial charge in [-0.15, -0.1) is 11.3 Å². The molecule has 2 aromatic heterocycles. The molecule has 3 rings (SSSR count). The first kappa shape index (κ1) is 13.1. The smallest absolute Gasteiger partial charge is 0.274 e. The van der Waals surface area contributed by atoms with Crippen LogP contribution >= 0.6 is 11.3 Å². The fourth-order valence-electron chi connectivity index (χ4n) is 2.18. The molecule has 1 aliphatic rings. The molecule has 7 heteroatoms. The van der Waals surface area contributed by atoms with Crippen molar-refractivity contribution in [2.24, 2.45) is 0 Å². The highest BCUT2D eigenvalue weighted by molar-refractivity contribution is 7.09. The summed E-state index contributed by atoms with van der Waals surface area (Å²) in [5, 5.41) is 2.96. The van der Waals surface area contributed by atoms with Gasteiger partial charge in [0.05, 0.1) is 36.2 Å². The molecule has 1 aliphatic heterocycles. The Hall–Kier alpha value is -1.86. The summed E-state index contributed by atoms with van der Waals surface area (Å²) in [5.41, 5.74) is 1.23. The number of aryl methyl sites for hydroxylation is 1. The molecule has 20 heavy (non-hydrogen) atoms. The highest BCUT2D eigenvalue weighted by Crippen LogP contribution is 2.26. The van der Waals surface area contributed by atoms with E-state index in [9.17, 15) is 4.79 Å². The maximum atomic E-state index is 12.5. The number of carbonyl (C=O) groups excluding carboxylic acids is 1. The Morgan fingerprint density at radius 1 is 1.50 bits per heavy atom. The van der Waals surface area contributed by atoms with Crippen LogP contribution in [0.3, 0.4) is 0 Å². The van der Waals surface area contributed by atoms with Crippen LogP contribution in [0.15, 0.2) is 24.0 Å². The fourth-order valence-corrected chi connectivity index (χ4v) is 2.84. The first-order valence-electron chi connectivity index (χ1n) is 6.32. The van der Waals surface area contributed by atoms with E-state index in [1.807, 2.05) is 12.3 Å². The first-order valence-corrected chi connectivity index (χ1v) is 7.20. The van der Waals surface area contributed by atoms with Crippen LogP contribution in [-0.2, 0) is 4.74 Å². The second-order valence-electron chi connectivity index (χ2n) is 4.47. The Labute approximate surface area is 120 Å². The summed E-state index contributed by atoms with van der Waals surface area (Å²) in [6, 6.07) is -0.150. The number of hydrogen-bond acceptors (Lipinski definition) is 6. The topological polar surface area (TPSA) is 68.2 Å². The van der Waals surface area contributed by atoms with E-state index in [0.717, 1.165) is 10.7 Å². The average Bonchev–Trinajstić information content (AvgIpc) is 2.94. The van der Waals surface area contributed by atoms with Crippen LogP contribution in [0.4, 0.5) is 0 Å². The van der Waals surface area contributed by atoms with Gasteiger partial charge in [-0.3, -0.25) is 9.78 Å². The molecule has 0 saturated carbocycles. The van der Waals surface area contributed by atoms with Gasteiger partial charge >= 0.3 is 0 Å². The maximum Gasteiger partial charge on any atom is 0.274 e. The minimum Gasteiger partial charge on any atom is -0.377 e. The summed E-state index contributed by atoms with van der Waals surface area (Å²) < 4.78 is 5.50. The standard InChI is InChI=1S/C13H14N4O2S/c1-9-16-11(8-20-9)12-7-19-5-4-17(12)13(18)10-6-14-2-3-15-10/h2-3,6,8,12H,4-5,7H2,1H3/t12-/m0/s1. The van der Waals surface area contributed by atoms with Crippen molar-refractivity contribution in [3.8, 4) is 0 Å². The van der Waals surface area contributed by atoms with Gasteiger partial charge in [0.15, 0.2) is 0 Å².